The molecule has 6 heteroatoms. The Labute approximate surface area is 113 Å². The number of nitrogens with one attached hydrogen (secondary N) is 1. The summed E-state index contributed by atoms with van der Waals surface area (Å²) in [5.74, 6) is -0.464. The van der Waals surface area contributed by atoms with Crippen molar-refractivity contribution in [3.05, 3.63) is 52.3 Å². The van der Waals surface area contributed by atoms with Gasteiger partial charge in [0.25, 0.3) is 5.91 Å². The van der Waals surface area contributed by atoms with Gasteiger partial charge in [-0.05, 0) is 24.3 Å². The van der Waals surface area contributed by atoms with Crippen LogP contribution in [0.2, 0.25) is 10.0 Å². The molecule has 0 saturated heterocycles. The van der Waals surface area contributed by atoms with Crippen LogP contribution in [-0.4, -0.2) is 16.0 Å². The molecule has 1 heterocycles. The summed E-state index contributed by atoms with van der Waals surface area (Å²) in [5, 5.41) is 12.6. The van der Waals surface area contributed by atoms with Crippen molar-refractivity contribution >= 4 is 34.8 Å². The van der Waals surface area contributed by atoms with Crippen molar-refractivity contribution in [3.8, 4) is 5.75 Å². The summed E-state index contributed by atoms with van der Waals surface area (Å²) in [7, 11) is 0. The number of halogens is 2. The molecule has 0 bridgehead atoms. The molecule has 2 N–H and O–H groups in total. The number of anilines is 1. The van der Waals surface area contributed by atoms with Crippen LogP contribution in [0.4, 0.5) is 5.69 Å². The molecule has 0 fully saturated rings. The number of rotatable bonds is 2. The molecule has 92 valence electrons. The average molecular weight is 283 g/mol. The minimum absolute atomic E-state index is 0.0724. The highest BCUT2D eigenvalue weighted by Crippen LogP contribution is 2.25. The van der Waals surface area contributed by atoms with Crippen LogP contribution in [0.5, 0.6) is 5.75 Å². The van der Waals surface area contributed by atoms with E-state index in [0.717, 1.165) is 0 Å². The molecule has 1 amide bonds. The first-order chi connectivity index (χ1) is 8.56. The fourth-order valence-corrected chi connectivity index (χ4v) is 1.63. The Morgan fingerprint density at radius 2 is 1.94 bits per heavy atom. The van der Waals surface area contributed by atoms with E-state index in [1.165, 1.54) is 24.5 Å². The predicted molar refractivity (Wildman–Crippen MR) is 70.3 cm³/mol. The van der Waals surface area contributed by atoms with Gasteiger partial charge in [0.1, 0.15) is 5.75 Å². The summed E-state index contributed by atoms with van der Waals surface area (Å²) in [6.45, 7) is 0. The van der Waals surface area contributed by atoms with Gasteiger partial charge in [0.15, 0.2) is 0 Å². The maximum atomic E-state index is 11.8. The van der Waals surface area contributed by atoms with Gasteiger partial charge in [-0.1, -0.05) is 23.2 Å². The molecule has 0 radical (unpaired) electrons. The van der Waals surface area contributed by atoms with Gasteiger partial charge in [0.05, 0.1) is 21.8 Å². The van der Waals surface area contributed by atoms with Crippen LogP contribution in [0.1, 0.15) is 10.4 Å². The zero-order valence-electron chi connectivity index (χ0n) is 9.02. The van der Waals surface area contributed by atoms with E-state index < -0.39 is 5.91 Å². The second kappa shape index (κ2) is 5.25. The van der Waals surface area contributed by atoms with Crippen molar-refractivity contribution in [1.29, 1.82) is 0 Å². The molecule has 4 nitrogen and oxygen atoms in total. The smallest absolute Gasteiger partial charge is 0.257 e. The molecule has 0 aliphatic carbocycles. The largest absolute Gasteiger partial charge is 0.506 e. The molecule has 2 rings (SSSR count). The second-order valence-electron chi connectivity index (χ2n) is 3.51. The maximum absolute atomic E-state index is 11.8. The Balaban J connectivity index is 2.18. The standard InChI is InChI=1S/C12H8Cl2N2O2/c13-10-2-1-8(4-11(10)14)16-12(18)7-3-9(17)6-15-5-7/h1-6,17H,(H,16,18). The molecule has 0 atom stereocenters. The number of pyridine rings is 1. The Morgan fingerprint density at radius 3 is 2.61 bits per heavy atom. The molecule has 0 spiro atoms. The maximum Gasteiger partial charge on any atom is 0.257 e. The summed E-state index contributed by atoms with van der Waals surface area (Å²) < 4.78 is 0. The third-order valence-electron chi connectivity index (χ3n) is 2.16. The van der Waals surface area contributed by atoms with Gasteiger partial charge in [0, 0.05) is 11.9 Å². The summed E-state index contributed by atoms with van der Waals surface area (Å²) in [5.41, 5.74) is 0.763. The first kappa shape index (κ1) is 12.7. The van der Waals surface area contributed by atoms with Crippen molar-refractivity contribution in [1.82, 2.24) is 4.98 Å². The highest BCUT2D eigenvalue weighted by atomic mass is 35.5. The number of benzene rings is 1. The van der Waals surface area contributed by atoms with Crippen molar-refractivity contribution in [2.75, 3.05) is 5.32 Å². The molecule has 1 aromatic carbocycles. The first-order valence-electron chi connectivity index (χ1n) is 4.96. The highest BCUT2D eigenvalue weighted by molar-refractivity contribution is 6.42. The fraction of sp³-hybridized carbons (Fsp3) is 0. The van der Waals surface area contributed by atoms with Crippen molar-refractivity contribution in [3.63, 3.8) is 0 Å². The van der Waals surface area contributed by atoms with E-state index in [4.69, 9.17) is 23.2 Å². The summed E-state index contributed by atoms with van der Waals surface area (Å²) >= 11 is 11.6. The molecule has 0 aliphatic heterocycles. The summed E-state index contributed by atoms with van der Waals surface area (Å²) in [6, 6.07) is 6.07. The Kier molecular flexibility index (Phi) is 3.69. The average Bonchev–Trinajstić information content (AvgIpc) is 2.34. The van der Waals surface area contributed by atoms with Gasteiger partial charge in [0.2, 0.25) is 0 Å². The number of hydrogen-bond donors (Lipinski definition) is 2. The van der Waals surface area contributed by atoms with E-state index in [2.05, 4.69) is 10.3 Å². The monoisotopic (exact) mass is 282 g/mol. The van der Waals surface area contributed by atoms with Gasteiger partial charge < -0.3 is 10.4 Å². The molecule has 18 heavy (non-hydrogen) atoms. The van der Waals surface area contributed by atoms with Gasteiger partial charge in [-0.25, -0.2) is 0 Å². The van der Waals surface area contributed by atoms with Crippen LogP contribution < -0.4 is 5.32 Å². The SMILES string of the molecule is O=C(Nc1ccc(Cl)c(Cl)c1)c1cncc(O)c1. The molecular weight excluding hydrogens is 275 g/mol. The van der Waals surface area contributed by atoms with Crippen LogP contribution in [0.3, 0.4) is 0 Å². The number of hydrogen-bond acceptors (Lipinski definition) is 3. The molecule has 2 aromatic rings. The van der Waals surface area contributed by atoms with E-state index in [1.807, 2.05) is 0 Å². The van der Waals surface area contributed by atoms with E-state index in [9.17, 15) is 9.90 Å². The second-order valence-corrected chi connectivity index (χ2v) is 4.33. The molecule has 0 aliphatic rings. The normalized spacial score (nSPS) is 10.1. The van der Waals surface area contributed by atoms with Crippen LogP contribution >= 0.6 is 23.2 Å². The molecular formula is C12H8Cl2N2O2. The van der Waals surface area contributed by atoms with Crippen LogP contribution in [0, 0.1) is 0 Å². The number of nitrogens with zero attached hydrogens (tertiary/aromatic N) is 1. The molecule has 0 unspecified atom stereocenters. The molecule has 1 aromatic heterocycles. The molecule has 0 saturated carbocycles. The van der Waals surface area contributed by atoms with E-state index in [1.54, 1.807) is 12.1 Å². The highest BCUT2D eigenvalue weighted by Gasteiger charge is 2.08. The number of amides is 1. The zero-order chi connectivity index (χ0) is 13.1. The van der Waals surface area contributed by atoms with Crippen LogP contribution in [0.25, 0.3) is 0 Å². The lowest BCUT2D eigenvalue weighted by molar-refractivity contribution is 0.102. The van der Waals surface area contributed by atoms with Gasteiger partial charge in [-0.3, -0.25) is 9.78 Å². The van der Waals surface area contributed by atoms with Crippen molar-refractivity contribution in [2.45, 2.75) is 0 Å². The van der Waals surface area contributed by atoms with Crippen LogP contribution in [-0.2, 0) is 0 Å². The number of carbonyl (C=O) groups excluding carboxylic acids is 1. The number of aromatic nitrogens is 1. The topological polar surface area (TPSA) is 62.2 Å². The van der Waals surface area contributed by atoms with Gasteiger partial charge in [-0.2, -0.15) is 0 Å². The van der Waals surface area contributed by atoms with Crippen molar-refractivity contribution < 1.29 is 9.90 Å². The third-order valence-corrected chi connectivity index (χ3v) is 2.90. The zero-order valence-corrected chi connectivity index (χ0v) is 10.5. The van der Waals surface area contributed by atoms with Crippen molar-refractivity contribution in [2.24, 2.45) is 0 Å². The lowest BCUT2D eigenvalue weighted by atomic mass is 10.2. The van der Waals surface area contributed by atoms with E-state index >= 15 is 0 Å². The fourth-order valence-electron chi connectivity index (χ4n) is 1.33. The predicted octanol–water partition coefficient (Wildman–Crippen LogP) is 3.35. The summed E-state index contributed by atoms with van der Waals surface area (Å²) in [6.07, 6.45) is 2.60. The minimum atomic E-state index is -0.392. The van der Waals surface area contributed by atoms with Crippen LogP contribution in [0.15, 0.2) is 36.7 Å². The number of aromatic hydroxyl groups is 1. The number of carbonyl (C=O) groups is 1. The van der Waals surface area contributed by atoms with Gasteiger partial charge >= 0.3 is 0 Å². The third kappa shape index (κ3) is 2.91. The quantitative estimate of drug-likeness (QED) is 0.888. The lowest BCUT2D eigenvalue weighted by Gasteiger charge is -2.06. The Hall–Kier alpha value is -1.78. The minimum Gasteiger partial charge on any atom is -0.506 e. The Morgan fingerprint density at radius 1 is 1.17 bits per heavy atom. The Bertz CT molecular complexity index is 602. The van der Waals surface area contributed by atoms with E-state index in [0.29, 0.717) is 15.7 Å². The van der Waals surface area contributed by atoms with Gasteiger partial charge in [-0.15, -0.1) is 0 Å². The first-order valence-corrected chi connectivity index (χ1v) is 5.72. The van der Waals surface area contributed by atoms with E-state index in [-0.39, 0.29) is 11.3 Å². The lowest BCUT2D eigenvalue weighted by Crippen LogP contribution is -2.11. The summed E-state index contributed by atoms with van der Waals surface area (Å²) in [4.78, 5) is 15.5.